The van der Waals surface area contributed by atoms with Crippen LogP contribution in [0.4, 0.5) is 4.39 Å². The van der Waals surface area contributed by atoms with Crippen LogP contribution < -0.4 is 10.1 Å². The fourth-order valence-corrected chi connectivity index (χ4v) is 2.46. The molecule has 3 rings (SSSR count). The predicted molar refractivity (Wildman–Crippen MR) is 88.8 cm³/mol. The van der Waals surface area contributed by atoms with Gasteiger partial charge in [-0.15, -0.1) is 0 Å². The van der Waals surface area contributed by atoms with Crippen molar-refractivity contribution in [3.05, 3.63) is 65.9 Å². The number of nitrogens with one attached hydrogen (secondary N) is 1. The minimum absolute atomic E-state index is 0.298. The van der Waals surface area contributed by atoms with Gasteiger partial charge in [0.2, 0.25) is 0 Å². The standard InChI is InChI=1S/C18H18FN3O2/c1-2-24-16-7-4-10-22-12-15(21-17(16)22)8-9-20-18(23)13-5-3-6-14(19)11-13/h3-7,10-12H,2,8-9H2,1H3,(H,20,23). The topological polar surface area (TPSA) is 55.6 Å². The molecule has 24 heavy (non-hydrogen) atoms. The number of carbonyl (C=O) groups is 1. The van der Waals surface area contributed by atoms with Gasteiger partial charge in [0.15, 0.2) is 11.4 Å². The third kappa shape index (κ3) is 3.53. The maximum atomic E-state index is 13.1. The minimum atomic E-state index is -0.425. The van der Waals surface area contributed by atoms with Gasteiger partial charge in [0.1, 0.15) is 5.82 Å². The molecule has 0 radical (unpaired) electrons. The highest BCUT2D eigenvalue weighted by atomic mass is 19.1. The zero-order valence-corrected chi connectivity index (χ0v) is 13.3. The van der Waals surface area contributed by atoms with Gasteiger partial charge in [0.05, 0.1) is 12.3 Å². The fourth-order valence-electron chi connectivity index (χ4n) is 2.46. The van der Waals surface area contributed by atoms with Gasteiger partial charge in [-0.2, -0.15) is 0 Å². The van der Waals surface area contributed by atoms with Crippen LogP contribution in [-0.2, 0) is 6.42 Å². The summed E-state index contributed by atoms with van der Waals surface area (Å²) >= 11 is 0. The van der Waals surface area contributed by atoms with E-state index in [1.807, 2.05) is 35.9 Å². The predicted octanol–water partition coefficient (Wildman–Crippen LogP) is 2.84. The van der Waals surface area contributed by atoms with E-state index < -0.39 is 5.82 Å². The lowest BCUT2D eigenvalue weighted by molar-refractivity contribution is 0.0953. The Morgan fingerprint density at radius 1 is 1.33 bits per heavy atom. The molecule has 0 fully saturated rings. The van der Waals surface area contributed by atoms with Crippen LogP contribution in [0.1, 0.15) is 23.0 Å². The molecule has 0 spiro atoms. The van der Waals surface area contributed by atoms with Crippen molar-refractivity contribution in [1.82, 2.24) is 14.7 Å². The normalized spacial score (nSPS) is 10.8. The van der Waals surface area contributed by atoms with Crippen molar-refractivity contribution in [2.45, 2.75) is 13.3 Å². The van der Waals surface area contributed by atoms with Gasteiger partial charge in [-0.1, -0.05) is 6.07 Å². The Kier molecular flexibility index (Phi) is 4.74. The van der Waals surface area contributed by atoms with Crippen molar-refractivity contribution in [3.8, 4) is 5.75 Å². The second kappa shape index (κ2) is 7.12. The molecule has 5 nitrogen and oxygen atoms in total. The van der Waals surface area contributed by atoms with Crippen LogP contribution >= 0.6 is 0 Å². The molecule has 3 aromatic rings. The van der Waals surface area contributed by atoms with Gasteiger partial charge in [-0.25, -0.2) is 9.37 Å². The molecule has 1 aromatic carbocycles. The molecule has 6 heteroatoms. The highest BCUT2D eigenvalue weighted by Crippen LogP contribution is 2.19. The Balaban J connectivity index is 1.63. The molecule has 0 saturated heterocycles. The summed E-state index contributed by atoms with van der Waals surface area (Å²) in [6.07, 6.45) is 4.39. The van der Waals surface area contributed by atoms with Crippen LogP contribution in [0.5, 0.6) is 5.75 Å². The van der Waals surface area contributed by atoms with E-state index in [1.54, 1.807) is 6.07 Å². The van der Waals surface area contributed by atoms with Gasteiger partial charge in [0, 0.05) is 30.9 Å². The molecule has 1 N–H and O–H groups in total. The number of pyridine rings is 1. The molecule has 2 aromatic heterocycles. The molecule has 1 amide bonds. The first-order valence-electron chi connectivity index (χ1n) is 7.80. The number of rotatable bonds is 6. The van der Waals surface area contributed by atoms with E-state index in [9.17, 15) is 9.18 Å². The van der Waals surface area contributed by atoms with E-state index in [2.05, 4.69) is 10.3 Å². The Labute approximate surface area is 139 Å². The van der Waals surface area contributed by atoms with Crippen LogP contribution in [0.25, 0.3) is 5.65 Å². The Morgan fingerprint density at radius 3 is 3.00 bits per heavy atom. The monoisotopic (exact) mass is 327 g/mol. The molecule has 0 saturated carbocycles. The maximum Gasteiger partial charge on any atom is 0.251 e. The molecule has 0 aliphatic rings. The summed E-state index contributed by atoms with van der Waals surface area (Å²) in [4.78, 5) is 16.5. The largest absolute Gasteiger partial charge is 0.490 e. The second-order valence-electron chi connectivity index (χ2n) is 5.28. The van der Waals surface area contributed by atoms with Crippen molar-refractivity contribution >= 4 is 11.6 Å². The van der Waals surface area contributed by atoms with Gasteiger partial charge in [0.25, 0.3) is 5.91 Å². The average molecular weight is 327 g/mol. The molecular formula is C18H18FN3O2. The van der Waals surface area contributed by atoms with Gasteiger partial charge in [-0.3, -0.25) is 4.79 Å². The number of imidazole rings is 1. The molecule has 124 valence electrons. The van der Waals surface area contributed by atoms with Gasteiger partial charge >= 0.3 is 0 Å². The lowest BCUT2D eigenvalue weighted by Gasteiger charge is -2.04. The smallest absolute Gasteiger partial charge is 0.251 e. The third-order valence-electron chi connectivity index (χ3n) is 3.55. The number of halogens is 1. The Morgan fingerprint density at radius 2 is 2.21 bits per heavy atom. The van der Waals surface area contributed by atoms with Crippen molar-refractivity contribution in [1.29, 1.82) is 0 Å². The lowest BCUT2D eigenvalue weighted by Crippen LogP contribution is -2.25. The SMILES string of the molecule is CCOc1cccn2cc(CCNC(=O)c3cccc(F)c3)nc12. The maximum absolute atomic E-state index is 13.1. The number of carbonyl (C=O) groups excluding carboxylic acids is 1. The molecule has 0 aliphatic carbocycles. The Bertz CT molecular complexity index is 860. The number of benzene rings is 1. The first-order chi connectivity index (χ1) is 11.7. The van der Waals surface area contributed by atoms with Gasteiger partial charge in [-0.05, 0) is 37.3 Å². The summed E-state index contributed by atoms with van der Waals surface area (Å²) in [5, 5.41) is 2.77. The number of ether oxygens (including phenoxy) is 1. The summed E-state index contributed by atoms with van der Waals surface area (Å²) in [5.41, 5.74) is 1.91. The van der Waals surface area contributed by atoms with E-state index in [0.29, 0.717) is 25.1 Å². The number of hydrogen-bond acceptors (Lipinski definition) is 3. The molecular weight excluding hydrogens is 309 g/mol. The molecule has 0 unspecified atom stereocenters. The summed E-state index contributed by atoms with van der Waals surface area (Å²) in [5.74, 6) is 0.00905. The number of fused-ring (bicyclic) bond motifs is 1. The average Bonchev–Trinajstić information content (AvgIpc) is 2.99. The van der Waals surface area contributed by atoms with Gasteiger partial charge < -0.3 is 14.5 Å². The van der Waals surface area contributed by atoms with Crippen molar-refractivity contribution in [2.24, 2.45) is 0 Å². The molecule has 2 heterocycles. The molecule has 0 atom stereocenters. The minimum Gasteiger partial charge on any atom is -0.490 e. The first kappa shape index (κ1) is 16.0. The van der Waals surface area contributed by atoms with Crippen LogP contribution in [0.2, 0.25) is 0 Å². The third-order valence-corrected chi connectivity index (χ3v) is 3.55. The summed E-state index contributed by atoms with van der Waals surface area (Å²) < 4.78 is 20.6. The highest BCUT2D eigenvalue weighted by Gasteiger charge is 2.09. The zero-order chi connectivity index (χ0) is 16.9. The summed E-state index contributed by atoms with van der Waals surface area (Å²) in [7, 11) is 0. The number of amides is 1. The van der Waals surface area contributed by atoms with Crippen LogP contribution in [0.3, 0.4) is 0 Å². The molecule has 0 bridgehead atoms. The van der Waals surface area contributed by atoms with Crippen molar-refractivity contribution in [2.75, 3.05) is 13.2 Å². The van der Waals surface area contributed by atoms with E-state index in [4.69, 9.17) is 4.74 Å². The number of hydrogen-bond donors (Lipinski definition) is 1. The lowest BCUT2D eigenvalue weighted by atomic mass is 10.2. The first-order valence-corrected chi connectivity index (χ1v) is 7.80. The van der Waals surface area contributed by atoms with Crippen LogP contribution in [0.15, 0.2) is 48.8 Å². The zero-order valence-electron chi connectivity index (χ0n) is 13.3. The second-order valence-corrected chi connectivity index (χ2v) is 5.28. The van der Waals surface area contributed by atoms with Crippen LogP contribution in [-0.4, -0.2) is 28.4 Å². The van der Waals surface area contributed by atoms with Crippen molar-refractivity contribution in [3.63, 3.8) is 0 Å². The quantitative estimate of drug-likeness (QED) is 0.757. The van der Waals surface area contributed by atoms with E-state index in [0.717, 1.165) is 17.1 Å². The van der Waals surface area contributed by atoms with Crippen molar-refractivity contribution < 1.29 is 13.9 Å². The fraction of sp³-hybridized carbons (Fsp3) is 0.222. The van der Waals surface area contributed by atoms with Crippen LogP contribution in [0, 0.1) is 5.82 Å². The summed E-state index contributed by atoms with van der Waals surface area (Å²) in [6.45, 7) is 2.92. The number of aromatic nitrogens is 2. The number of nitrogens with zero attached hydrogens (tertiary/aromatic N) is 2. The van der Waals surface area contributed by atoms with E-state index >= 15 is 0 Å². The highest BCUT2D eigenvalue weighted by molar-refractivity contribution is 5.94. The summed E-state index contributed by atoms with van der Waals surface area (Å²) in [6, 6.07) is 9.40. The Hall–Kier alpha value is -2.89. The van der Waals surface area contributed by atoms with E-state index in [-0.39, 0.29) is 5.91 Å². The molecule has 0 aliphatic heterocycles. The van der Waals surface area contributed by atoms with E-state index in [1.165, 1.54) is 18.2 Å².